The zero-order valence-corrected chi connectivity index (χ0v) is 24.7. The van der Waals surface area contributed by atoms with Crippen LogP contribution in [0.3, 0.4) is 0 Å². The van der Waals surface area contributed by atoms with E-state index >= 15 is 0 Å². The highest BCUT2D eigenvalue weighted by atomic mass is 14.6. The van der Waals surface area contributed by atoms with E-state index in [1.165, 1.54) is 38.9 Å². The van der Waals surface area contributed by atoms with Crippen LogP contribution >= 0.6 is 0 Å². The van der Waals surface area contributed by atoms with Gasteiger partial charge in [-0.15, -0.1) is 0 Å². The van der Waals surface area contributed by atoms with Crippen molar-refractivity contribution in [1.82, 2.24) is 0 Å². The van der Waals surface area contributed by atoms with E-state index in [2.05, 4.69) is 183 Å². The summed E-state index contributed by atoms with van der Waals surface area (Å²) < 4.78 is 0. The van der Waals surface area contributed by atoms with E-state index < -0.39 is 0 Å². The van der Waals surface area contributed by atoms with Crippen LogP contribution in [0.25, 0.3) is 0 Å². The highest BCUT2D eigenvalue weighted by Crippen LogP contribution is 2.67. The minimum absolute atomic E-state index is 0.264. The molecular formula is C43H38. The quantitative estimate of drug-likeness (QED) is 0.192. The van der Waals surface area contributed by atoms with Gasteiger partial charge < -0.3 is 0 Å². The van der Waals surface area contributed by atoms with Crippen LogP contribution in [-0.4, -0.2) is 0 Å². The molecule has 0 radical (unpaired) electrons. The predicted molar refractivity (Wildman–Crippen MR) is 180 cm³/mol. The molecule has 6 aromatic carbocycles. The van der Waals surface area contributed by atoms with Gasteiger partial charge in [0, 0.05) is 0 Å². The number of rotatable bonds is 6. The smallest absolute Gasteiger partial charge is 0.000943 e. The molecule has 4 atom stereocenters. The Bertz CT molecular complexity index is 1640. The largest absolute Gasteiger partial charge is 0.0622 e. The minimum Gasteiger partial charge on any atom is -0.0622 e. The van der Waals surface area contributed by atoms with Crippen molar-refractivity contribution in [2.45, 2.75) is 42.4 Å². The molecule has 43 heavy (non-hydrogen) atoms. The maximum Gasteiger partial charge on any atom is -0.000943 e. The molecule has 0 aliphatic heterocycles. The molecule has 6 aromatic rings. The van der Waals surface area contributed by atoms with Gasteiger partial charge in [-0.05, 0) is 81.4 Å². The van der Waals surface area contributed by atoms with Crippen LogP contribution in [-0.2, 0) is 0 Å². The molecule has 4 unspecified atom stereocenters. The standard InChI is InChI=1S/C43H38/c1-31-19-17-18-30-37(31)43-41(35-26-13-5-14-27-35)39(33-22-9-3-10-23-33)38(32-20-7-2-8-21-32)40(34-24-11-4-12-25-34)42(43)36-28-15-6-16-29-36/h2-30,38-43H,1H3. The molecule has 0 saturated heterocycles. The Hall–Kier alpha value is -4.68. The lowest BCUT2D eigenvalue weighted by Crippen LogP contribution is -2.40. The Morgan fingerprint density at radius 3 is 0.767 bits per heavy atom. The minimum atomic E-state index is 0.264. The molecule has 1 saturated carbocycles. The molecule has 0 amide bonds. The first-order valence-electron chi connectivity index (χ1n) is 15.6. The van der Waals surface area contributed by atoms with Gasteiger partial charge in [0.05, 0.1) is 0 Å². The second-order valence-corrected chi connectivity index (χ2v) is 12.1. The molecule has 1 aliphatic rings. The maximum absolute atomic E-state index is 2.40. The summed E-state index contributed by atoms with van der Waals surface area (Å²) in [6.07, 6.45) is 0. The van der Waals surface area contributed by atoms with Gasteiger partial charge in [-0.25, -0.2) is 0 Å². The predicted octanol–water partition coefficient (Wildman–Crippen LogP) is 11.0. The van der Waals surface area contributed by atoms with Crippen LogP contribution in [0.2, 0.25) is 0 Å². The van der Waals surface area contributed by atoms with Crippen molar-refractivity contribution in [1.29, 1.82) is 0 Å². The van der Waals surface area contributed by atoms with E-state index in [0.717, 1.165) is 0 Å². The molecule has 0 N–H and O–H groups in total. The normalized spacial score (nSPS) is 23.5. The van der Waals surface area contributed by atoms with Gasteiger partial charge in [-0.3, -0.25) is 0 Å². The molecule has 0 bridgehead atoms. The molecule has 0 aromatic heterocycles. The molecule has 1 aliphatic carbocycles. The summed E-state index contributed by atoms with van der Waals surface area (Å²) in [4.78, 5) is 0. The summed E-state index contributed by atoms with van der Waals surface area (Å²) in [7, 11) is 0. The Kier molecular flexibility index (Phi) is 7.76. The van der Waals surface area contributed by atoms with E-state index in [9.17, 15) is 0 Å². The summed E-state index contributed by atoms with van der Waals surface area (Å²) in [6.45, 7) is 2.30. The molecule has 0 heterocycles. The second-order valence-electron chi connectivity index (χ2n) is 12.1. The van der Waals surface area contributed by atoms with Crippen molar-refractivity contribution in [2.75, 3.05) is 0 Å². The third-order valence-electron chi connectivity index (χ3n) is 9.79. The number of aryl methyl sites for hydroxylation is 1. The average Bonchev–Trinajstić information content (AvgIpc) is 3.09. The summed E-state index contributed by atoms with van der Waals surface area (Å²) >= 11 is 0. The van der Waals surface area contributed by atoms with E-state index in [0.29, 0.717) is 0 Å². The van der Waals surface area contributed by atoms with Crippen LogP contribution in [0, 0.1) is 6.92 Å². The summed E-state index contributed by atoms with van der Waals surface area (Å²) in [5.74, 6) is 1.59. The van der Waals surface area contributed by atoms with Crippen molar-refractivity contribution < 1.29 is 0 Å². The summed E-state index contributed by atoms with van der Waals surface area (Å²) in [5, 5.41) is 0. The lowest BCUT2D eigenvalue weighted by Gasteiger charge is -2.54. The molecule has 7 rings (SSSR count). The first-order chi connectivity index (χ1) is 21.3. The van der Waals surface area contributed by atoms with Crippen LogP contribution in [0.15, 0.2) is 176 Å². The number of hydrogen-bond acceptors (Lipinski definition) is 0. The maximum atomic E-state index is 2.40. The molecule has 210 valence electrons. The van der Waals surface area contributed by atoms with Crippen molar-refractivity contribution in [2.24, 2.45) is 0 Å². The first kappa shape index (κ1) is 27.2. The van der Waals surface area contributed by atoms with E-state index in [-0.39, 0.29) is 35.5 Å². The fourth-order valence-corrected chi connectivity index (χ4v) is 8.14. The zero-order valence-electron chi connectivity index (χ0n) is 24.7. The van der Waals surface area contributed by atoms with Crippen molar-refractivity contribution in [3.05, 3.63) is 215 Å². The highest BCUT2D eigenvalue weighted by Gasteiger charge is 2.53. The van der Waals surface area contributed by atoms with E-state index in [1.807, 2.05) is 0 Å². The number of hydrogen-bond donors (Lipinski definition) is 0. The van der Waals surface area contributed by atoms with Crippen molar-refractivity contribution in [3.63, 3.8) is 0 Å². The first-order valence-corrected chi connectivity index (χ1v) is 15.6. The van der Waals surface area contributed by atoms with Crippen LogP contribution in [0.5, 0.6) is 0 Å². The van der Waals surface area contributed by atoms with Crippen LogP contribution in [0.4, 0.5) is 0 Å². The van der Waals surface area contributed by atoms with Gasteiger partial charge in [-0.2, -0.15) is 0 Å². The molecule has 0 heteroatoms. The fraction of sp³-hybridized carbons (Fsp3) is 0.163. The van der Waals surface area contributed by atoms with Gasteiger partial charge in [0.1, 0.15) is 0 Å². The average molecular weight is 555 g/mol. The highest BCUT2D eigenvalue weighted by molar-refractivity contribution is 5.50. The third-order valence-corrected chi connectivity index (χ3v) is 9.79. The topological polar surface area (TPSA) is 0 Å². The van der Waals surface area contributed by atoms with Gasteiger partial charge in [0.2, 0.25) is 0 Å². The van der Waals surface area contributed by atoms with E-state index in [4.69, 9.17) is 0 Å². The Morgan fingerprint density at radius 2 is 0.488 bits per heavy atom. The molecule has 0 nitrogen and oxygen atoms in total. The monoisotopic (exact) mass is 554 g/mol. The van der Waals surface area contributed by atoms with Gasteiger partial charge in [0.15, 0.2) is 0 Å². The summed E-state index contributed by atoms with van der Waals surface area (Å²) in [5.41, 5.74) is 9.89. The van der Waals surface area contributed by atoms with Gasteiger partial charge >= 0.3 is 0 Å². The van der Waals surface area contributed by atoms with Crippen LogP contribution in [0.1, 0.15) is 74.5 Å². The molecule has 0 spiro atoms. The molecular weight excluding hydrogens is 516 g/mol. The third kappa shape index (κ3) is 5.23. The van der Waals surface area contributed by atoms with Gasteiger partial charge in [0.25, 0.3) is 0 Å². The zero-order chi connectivity index (χ0) is 29.0. The van der Waals surface area contributed by atoms with Crippen molar-refractivity contribution in [3.8, 4) is 0 Å². The summed E-state index contributed by atoms with van der Waals surface area (Å²) in [6, 6.07) is 65.9. The lowest BCUT2D eigenvalue weighted by atomic mass is 9.49. The Balaban J connectivity index is 1.61. The second kappa shape index (κ2) is 12.3. The van der Waals surface area contributed by atoms with Crippen LogP contribution < -0.4 is 0 Å². The molecule has 1 fully saturated rings. The lowest BCUT2D eigenvalue weighted by molar-refractivity contribution is 0.228. The fourth-order valence-electron chi connectivity index (χ4n) is 8.14. The van der Waals surface area contributed by atoms with Gasteiger partial charge in [-0.1, -0.05) is 176 Å². The number of benzene rings is 6. The Labute approximate surface area is 256 Å². The Morgan fingerprint density at radius 1 is 0.256 bits per heavy atom. The SMILES string of the molecule is Cc1ccccc1C1C(c2ccccc2)C(c2ccccc2)C(c2ccccc2)C(c2ccccc2)C1c1ccccc1. The van der Waals surface area contributed by atoms with E-state index in [1.54, 1.807) is 0 Å². The van der Waals surface area contributed by atoms with Crippen molar-refractivity contribution >= 4 is 0 Å².